The predicted octanol–water partition coefficient (Wildman–Crippen LogP) is 1.94. The summed E-state index contributed by atoms with van der Waals surface area (Å²) in [6.07, 6.45) is 1.98. The molecule has 16 heavy (non-hydrogen) atoms. The number of hydrogen-bond donors (Lipinski definition) is 0. The van der Waals surface area contributed by atoms with Crippen LogP contribution in [0.25, 0.3) is 0 Å². The SMILES string of the molecule is C=CCN(C)CC1COc2ccccc2O1. The van der Waals surface area contributed by atoms with Crippen LogP contribution in [-0.2, 0) is 0 Å². The quantitative estimate of drug-likeness (QED) is 0.722. The van der Waals surface area contributed by atoms with E-state index in [-0.39, 0.29) is 6.10 Å². The summed E-state index contributed by atoms with van der Waals surface area (Å²) in [5, 5.41) is 0. The Morgan fingerprint density at radius 2 is 2.19 bits per heavy atom. The Hall–Kier alpha value is -1.48. The number of benzene rings is 1. The van der Waals surface area contributed by atoms with E-state index in [2.05, 4.69) is 11.5 Å². The van der Waals surface area contributed by atoms with E-state index in [1.807, 2.05) is 37.4 Å². The van der Waals surface area contributed by atoms with Crippen LogP contribution >= 0.6 is 0 Å². The van der Waals surface area contributed by atoms with Crippen molar-refractivity contribution in [1.82, 2.24) is 4.90 Å². The summed E-state index contributed by atoms with van der Waals surface area (Å²) in [4.78, 5) is 2.16. The average molecular weight is 219 g/mol. The van der Waals surface area contributed by atoms with Crippen LogP contribution in [0.2, 0.25) is 0 Å². The number of para-hydroxylation sites is 2. The Morgan fingerprint density at radius 1 is 1.44 bits per heavy atom. The van der Waals surface area contributed by atoms with E-state index >= 15 is 0 Å². The first-order valence-electron chi connectivity index (χ1n) is 5.47. The van der Waals surface area contributed by atoms with Crippen molar-refractivity contribution >= 4 is 0 Å². The van der Waals surface area contributed by atoms with Crippen LogP contribution in [0.3, 0.4) is 0 Å². The minimum Gasteiger partial charge on any atom is -0.486 e. The lowest BCUT2D eigenvalue weighted by Crippen LogP contribution is -2.39. The Kier molecular flexibility index (Phi) is 3.47. The lowest BCUT2D eigenvalue weighted by atomic mass is 10.2. The van der Waals surface area contributed by atoms with Gasteiger partial charge < -0.3 is 9.47 Å². The average Bonchev–Trinajstić information content (AvgIpc) is 2.29. The molecule has 1 aliphatic rings. The summed E-state index contributed by atoms with van der Waals surface area (Å²) < 4.78 is 11.5. The Bertz CT molecular complexity index is 365. The lowest BCUT2D eigenvalue weighted by molar-refractivity contribution is 0.0681. The molecule has 0 bridgehead atoms. The summed E-state index contributed by atoms with van der Waals surface area (Å²) >= 11 is 0. The van der Waals surface area contributed by atoms with Crippen molar-refractivity contribution in [3.05, 3.63) is 36.9 Å². The van der Waals surface area contributed by atoms with Crippen molar-refractivity contribution in [2.45, 2.75) is 6.10 Å². The Labute approximate surface area is 96.3 Å². The van der Waals surface area contributed by atoms with E-state index in [4.69, 9.17) is 9.47 Å². The van der Waals surface area contributed by atoms with Gasteiger partial charge in [-0.05, 0) is 19.2 Å². The van der Waals surface area contributed by atoms with Crippen molar-refractivity contribution in [3.63, 3.8) is 0 Å². The fourth-order valence-electron chi connectivity index (χ4n) is 1.80. The molecule has 0 radical (unpaired) electrons. The van der Waals surface area contributed by atoms with Gasteiger partial charge in [-0.3, -0.25) is 4.90 Å². The lowest BCUT2D eigenvalue weighted by Gasteiger charge is -2.29. The maximum absolute atomic E-state index is 5.85. The molecule has 1 aromatic carbocycles. The molecule has 1 atom stereocenters. The molecule has 1 unspecified atom stereocenters. The van der Waals surface area contributed by atoms with E-state index < -0.39 is 0 Å². The minimum atomic E-state index is 0.0971. The van der Waals surface area contributed by atoms with Crippen molar-refractivity contribution in [3.8, 4) is 11.5 Å². The molecular formula is C13H17NO2. The summed E-state index contributed by atoms with van der Waals surface area (Å²) in [6.45, 7) is 6.04. The van der Waals surface area contributed by atoms with Gasteiger partial charge in [0.25, 0.3) is 0 Å². The molecule has 1 aliphatic heterocycles. The number of likely N-dealkylation sites (N-methyl/N-ethyl adjacent to an activating group) is 1. The number of hydrogen-bond acceptors (Lipinski definition) is 3. The number of fused-ring (bicyclic) bond motifs is 1. The topological polar surface area (TPSA) is 21.7 Å². The zero-order valence-electron chi connectivity index (χ0n) is 9.56. The molecule has 3 nitrogen and oxygen atoms in total. The zero-order chi connectivity index (χ0) is 11.4. The third-order valence-electron chi connectivity index (χ3n) is 2.52. The first-order chi connectivity index (χ1) is 7.79. The molecule has 1 heterocycles. The number of nitrogens with zero attached hydrogens (tertiary/aromatic N) is 1. The molecule has 0 aliphatic carbocycles. The molecule has 0 saturated carbocycles. The third-order valence-corrected chi connectivity index (χ3v) is 2.52. The van der Waals surface area contributed by atoms with Gasteiger partial charge in [-0.1, -0.05) is 18.2 Å². The monoisotopic (exact) mass is 219 g/mol. The molecule has 2 rings (SSSR count). The smallest absolute Gasteiger partial charge is 0.161 e. The zero-order valence-corrected chi connectivity index (χ0v) is 9.56. The fraction of sp³-hybridized carbons (Fsp3) is 0.385. The molecule has 0 spiro atoms. The van der Waals surface area contributed by atoms with Crippen LogP contribution < -0.4 is 9.47 Å². The van der Waals surface area contributed by atoms with Crippen molar-refractivity contribution < 1.29 is 9.47 Å². The van der Waals surface area contributed by atoms with Gasteiger partial charge in [-0.15, -0.1) is 6.58 Å². The van der Waals surface area contributed by atoms with Crippen LogP contribution in [0, 0.1) is 0 Å². The minimum absolute atomic E-state index is 0.0971. The summed E-state index contributed by atoms with van der Waals surface area (Å²) in [5.41, 5.74) is 0. The fourth-order valence-corrected chi connectivity index (χ4v) is 1.80. The van der Waals surface area contributed by atoms with Crippen LogP contribution in [0.15, 0.2) is 36.9 Å². The highest BCUT2D eigenvalue weighted by atomic mass is 16.6. The second-order valence-electron chi connectivity index (χ2n) is 4.01. The van der Waals surface area contributed by atoms with E-state index in [1.54, 1.807) is 0 Å². The van der Waals surface area contributed by atoms with Gasteiger partial charge in [0.2, 0.25) is 0 Å². The van der Waals surface area contributed by atoms with Gasteiger partial charge in [-0.2, -0.15) is 0 Å². The van der Waals surface area contributed by atoms with Crippen molar-refractivity contribution in [1.29, 1.82) is 0 Å². The molecule has 0 saturated heterocycles. The second kappa shape index (κ2) is 5.03. The maximum atomic E-state index is 5.85. The van der Waals surface area contributed by atoms with E-state index in [9.17, 15) is 0 Å². The number of rotatable bonds is 4. The molecule has 0 amide bonds. The highest BCUT2D eigenvalue weighted by Crippen LogP contribution is 2.30. The summed E-state index contributed by atoms with van der Waals surface area (Å²) in [7, 11) is 2.05. The molecule has 1 aromatic rings. The van der Waals surface area contributed by atoms with Gasteiger partial charge in [0.1, 0.15) is 12.7 Å². The highest BCUT2D eigenvalue weighted by Gasteiger charge is 2.21. The van der Waals surface area contributed by atoms with Crippen LogP contribution in [0.4, 0.5) is 0 Å². The summed E-state index contributed by atoms with van der Waals surface area (Å²) in [6, 6.07) is 7.78. The Morgan fingerprint density at radius 3 is 2.94 bits per heavy atom. The van der Waals surface area contributed by atoms with Gasteiger partial charge in [0, 0.05) is 13.1 Å². The molecule has 0 N–H and O–H groups in total. The van der Waals surface area contributed by atoms with Crippen LogP contribution in [0.5, 0.6) is 11.5 Å². The van der Waals surface area contributed by atoms with E-state index in [1.165, 1.54) is 0 Å². The third kappa shape index (κ3) is 2.55. The van der Waals surface area contributed by atoms with E-state index in [0.29, 0.717) is 6.61 Å². The van der Waals surface area contributed by atoms with Crippen LogP contribution in [0.1, 0.15) is 0 Å². The van der Waals surface area contributed by atoms with Gasteiger partial charge in [0.15, 0.2) is 11.5 Å². The second-order valence-corrected chi connectivity index (χ2v) is 4.01. The molecule has 0 aromatic heterocycles. The van der Waals surface area contributed by atoms with Gasteiger partial charge in [0.05, 0.1) is 0 Å². The van der Waals surface area contributed by atoms with Gasteiger partial charge >= 0.3 is 0 Å². The molecule has 3 heteroatoms. The first-order valence-corrected chi connectivity index (χ1v) is 5.47. The highest BCUT2D eigenvalue weighted by molar-refractivity contribution is 5.40. The summed E-state index contributed by atoms with van der Waals surface area (Å²) in [5.74, 6) is 1.68. The van der Waals surface area contributed by atoms with Gasteiger partial charge in [-0.25, -0.2) is 0 Å². The standard InChI is InChI=1S/C13H17NO2/c1-3-8-14(2)9-11-10-15-12-6-4-5-7-13(12)16-11/h3-7,11H,1,8-10H2,2H3. The van der Waals surface area contributed by atoms with Crippen molar-refractivity contribution in [2.24, 2.45) is 0 Å². The largest absolute Gasteiger partial charge is 0.486 e. The first kappa shape index (κ1) is 11.0. The Balaban J connectivity index is 1.95. The normalized spacial score (nSPS) is 18.5. The predicted molar refractivity (Wildman–Crippen MR) is 64.0 cm³/mol. The van der Waals surface area contributed by atoms with Crippen molar-refractivity contribution in [2.75, 3.05) is 26.7 Å². The molecule has 86 valence electrons. The molecule has 0 fully saturated rings. The van der Waals surface area contributed by atoms with E-state index in [0.717, 1.165) is 24.6 Å². The number of ether oxygens (including phenoxy) is 2. The maximum Gasteiger partial charge on any atom is 0.161 e. The molecular weight excluding hydrogens is 202 g/mol. The van der Waals surface area contributed by atoms with Crippen LogP contribution in [-0.4, -0.2) is 37.7 Å².